The van der Waals surface area contributed by atoms with Crippen molar-refractivity contribution in [3.8, 4) is 11.1 Å². The predicted molar refractivity (Wildman–Crippen MR) is 165 cm³/mol. The minimum Gasteiger partial charge on any atom is -0.465 e. The van der Waals surface area contributed by atoms with Gasteiger partial charge in [0.25, 0.3) is 0 Å². The molecule has 0 aliphatic heterocycles. The Morgan fingerprint density at radius 3 is 1.80 bits per heavy atom. The molecule has 0 unspecified atom stereocenters. The van der Waals surface area contributed by atoms with E-state index in [-0.39, 0.29) is 17.3 Å². The molecule has 5 aromatic carbocycles. The third kappa shape index (κ3) is 4.80. The van der Waals surface area contributed by atoms with E-state index in [1.54, 1.807) is 18.2 Å². The normalized spacial score (nSPS) is 11.4. The molecule has 0 aliphatic rings. The molecule has 0 saturated heterocycles. The number of aromatic nitrogens is 2. The summed E-state index contributed by atoms with van der Waals surface area (Å²) in [7, 11) is 1.13. The number of nitrogens with one attached hydrogen (secondary N) is 1. The van der Waals surface area contributed by atoms with Gasteiger partial charge in [-0.3, -0.25) is 4.79 Å². The molecule has 0 aliphatic carbocycles. The molecule has 1 heterocycles. The number of benzene rings is 5. The summed E-state index contributed by atoms with van der Waals surface area (Å²) in [4.78, 5) is 24.6. The van der Waals surface area contributed by atoms with Gasteiger partial charge < -0.3 is 10.1 Å². The first-order valence-corrected chi connectivity index (χ1v) is 13.9. The molecule has 6 nitrogen and oxygen atoms in total. The Morgan fingerprint density at radius 1 is 0.750 bits per heavy atom. The Bertz CT molecular complexity index is 1900. The van der Waals surface area contributed by atoms with Crippen LogP contribution in [-0.2, 0) is 15.1 Å². The minimum absolute atomic E-state index is 0.00401. The summed E-state index contributed by atoms with van der Waals surface area (Å²) in [6.45, 7) is 1.38. The summed E-state index contributed by atoms with van der Waals surface area (Å²) >= 11 is 0. The smallest absolute Gasteiger partial charge is 0.340 e. The Kier molecular flexibility index (Phi) is 7.49. The van der Waals surface area contributed by atoms with Gasteiger partial charge in [0.05, 0.1) is 18.2 Å². The average Bonchev–Trinajstić information content (AvgIpc) is 3.39. The highest BCUT2D eigenvalue weighted by atomic mass is 19.1. The van der Waals surface area contributed by atoms with Crippen molar-refractivity contribution < 1.29 is 23.1 Å². The molecular formula is C36H27F2N3O3. The lowest BCUT2D eigenvalue weighted by Gasteiger charge is -2.37. The fraction of sp³-hybridized carbons (Fsp3) is 0.0833. The first-order chi connectivity index (χ1) is 21.3. The summed E-state index contributed by atoms with van der Waals surface area (Å²) in [5.74, 6) is -2.88. The van der Waals surface area contributed by atoms with E-state index in [0.29, 0.717) is 22.5 Å². The summed E-state index contributed by atoms with van der Waals surface area (Å²) in [5, 5.41) is 8.38. The maximum atomic E-state index is 15.2. The lowest BCUT2D eigenvalue weighted by Crippen LogP contribution is -2.38. The number of amides is 1. The number of methoxy groups -OCH3 is 1. The molecular weight excluding hydrogens is 560 g/mol. The molecule has 0 atom stereocenters. The number of rotatable bonds is 7. The number of carbonyl (C=O) groups is 2. The van der Waals surface area contributed by atoms with Gasteiger partial charge in [-0.2, -0.15) is 5.10 Å². The fourth-order valence-corrected chi connectivity index (χ4v) is 5.74. The van der Waals surface area contributed by atoms with E-state index in [4.69, 9.17) is 5.10 Å². The number of fused-ring (bicyclic) bond motifs is 1. The number of hydrogen-bond acceptors (Lipinski definition) is 4. The molecule has 1 amide bonds. The van der Waals surface area contributed by atoms with Gasteiger partial charge >= 0.3 is 5.97 Å². The van der Waals surface area contributed by atoms with Crippen LogP contribution in [0.15, 0.2) is 121 Å². The second-order valence-electron chi connectivity index (χ2n) is 10.3. The molecule has 1 aromatic heterocycles. The molecule has 0 radical (unpaired) electrons. The number of esters is 1. The molecule has 0 saturated carbocycles. The van der Waals surface area contributed by atoms with E-state index in [2.05, 4.69) is 10.1 Å². The maximum Gasteiger partial charge on any atom is 0.340 e. The number of anilines is 1. The van der Waals surface area contributed by atoms with Crippen LogP contribution in [0.2, 0.25) is 0 Å². The van der Waals surface area contributed by atoms with Gasteiger partial charge in [-0.1, -0.05) is 97.1 Å². The van der Waals surface area contributed by atoms with Gasteiger partial charge in [-0.15, -0.1) is 0 Å². The standard InChI is InChI=1S/C36H27F2N3O3/c1-23(42)39-34-30-20-24(28-21-29(35(43)44-2)32(38)22-31(28)37)18-19-33(30)41(40-34)36(25-12-6-3-7-13-25,26-14-8-4-9-15-26)27-16-10-5-11-17-27/h3-22H,1-2H3,(H,39,40,42). The third-order valence-electron chi connectivity index (χ3n) is 7.64. The molecule has 1 N–H and O–H groups in total. The van der Waals surface area contributed by atoms with Crippen molar-refractivity contribution in [1.29, 1.82) is 0 Å². The van der Waals surface area contributed by atoms with Crippen LogP contribution in [0.4, 0.5) is 14.6 Å². The van der Waals surface area contributed by atoms with Gasteiger partial charge in [0.15, 0.2) is 5.82 Å². The van der Waals surface area contributed by atoms with E-state index in [1.807, 2.05) is 95.7 Å². The first-order valence-electron chi connectivity index (χ1n) is 13.9. The van der Waals surface area contributed by atoms with Gasteiger partial charge in [0, 0.05) is 23.9 Å². The van der Waals surface area contributed by atoms with Crippen LogP contribution in [0.5, 0.6) is 0 Å². The van der Waals surface area contributed by atoms with Crippen molar-refractivity contribution in [3.63, 3.8) is 0 Å². The zero-order valence-corrected chi connectivity index (χ0v) is 23.9. The second-order valence-corrected chi connectivity index (χ2v) is 10.3. The molecule has 0 bridgehead atoms. The Balaban J connectivity index is 1.69. The third-order valence-corrected chi connectivity index (χ3v) is 7.64. The van der Waals surface area contributed by atoms with Gasteiger partial charge in [0.1, 0.15) is 17.2 Å². The topological polar surface area (TPSA) is 73.2 Å². The van der Waals surface area contributed by atoms with Crippen molar-refractivity contribution in [2.45, 2.75) is 12.5 Å². The van der Waals surface area contributed by atoms with Crippen LogP contribution >= 0.6 is 0 Å². The molecule has 0 fully saturated rings. The zero-order valence-electron chi connectivity index (χ0n) is 23.9. The highest BCUT2D eigenvalue weighted by Gasteiger charge is 2.41. The van der Waals surface area contributed by atoms with Gasteiger partial charge in [-0.25, -0.2) is 18.3 Å². The van der Waals surface area contributed by atoms with Gasteiger partial charge in [-0.05, 0) is 40.5 Å². The number of ether oxygens (including phenoxy) is 1. The molecule has 6 aromatic rings. The van der Waals surface area contributed by atoms with E-state index in [9.17, 15) is 14.0 Å². The van der Waals surface area contributed by atoms with Crippen LogP contribution in [0, 0.1) is 11.6 Å². The lowest BCUT2D eigenvalue weighted by molar-refractivity contribution is -0.114. The first kappa shape index (κ1) is 28.5. The summed E-state index contributed by atoms with van der Waals surface area (Å²) < 4.78 is 36.2. The van der Waals surface area contributed by atoms with Crippen molar-refractivity contribution >= 4 is 28.6 Å². The zero-order chi connectivity index (χ0) is 30.8. The summed E-state index contributed by atoms with van der Waals surface area (Å²) in [5.41, 5.74) is 2.39. The predicted octanol–water partition coefficient (Wildman–Crippen LogP) is 7.57. The van der Waals surface area contributed by atoms with Crippen molar-refractivity contribution in [2.75, 3.05) is 12.4 Å². The minimum atomic E-state index is -1.02. The van der Waals surface area contributed by atoms with E-state index in [0.717, 1.165) is 29.9 Å². The number of carbonyl (C=O) groups excluding carboxylic acids is 2. The van der Waals surface area contributed by atoms with E-state index in [1.165, 1.54) is 6.92 Å². The van der Waals surface area contributed by atoms with Gasteiger partial charge in [0.2, 0.25) is 5.91 Å². The molecule has 0 spiro atoms. The molecule has 8 heteroatoms. The summed E-state index contributed by atoms with van der Waals surface area (Å²) in [6, 6.07) is 36.7. The largest absolute Gasteiger partial charge is 0.465 e. The molecule has 218 valence electrons. The van der Waals surface area contributed by atoms with Crippen molar-refractivity contribution in [2.24, 2.45) is 0 Å². The monoisotopic (exact) mass is 587 g/mol. The Hall–Kier alpha value is -5.63. The number of nitrogens with zero attached hydrogens (tertiary/aromatic N) is 2. The van der Waals surface area contributed by atoms with E-state index >= 15 is 4.39 Å². The van der Waals surface area contributed by atoms with Crippen LogP contribution < -0.4 is 5.32 Å². The molecule has 44 heavy (non-hydrogen) atoms. The molecule has 6 rings (SSSR count). The van der Waals surface area contributed by atoms with Crippen LogP contribution in [0.25, 0.3) is 22.0 Å². The summed E-state index contributed by atoms with van der Waals surface area (Å²) in [6.07, 6.45) is 0. The quantitative estimate of drug-likeness (QED) is 0.155. The second kappa shape index (κ2) is 11.6. The highest BCUT2D eigenvalue weighted by Crippen LogP contribution is 2.44. The Labute approximate surface area is 252 Å². The Morgan fingerprint density at radius 2 is 1.30 bits per heavy atom. The maximum absolute atomic E-state index is 15.2. The van der Waals surface area contributed by atoms with Crippen LogP contribution in [0.3, 0.4) is 0 Å². The fourth-order valence-electron chi connectivity index (χ4n) is 5.74. The average molecular weight is 588 g/mol. The van der Waals surface area contributed by atoms with Crippen LogP contribution in [-0.4, -0.2) is 28.8 Å². The highest BCUT2D eigenvalue weighted by molar-refractivity contribution is 6.01. The number of hydrogen-bond donors (Lipinski definition) is 1. The number of halogens is 2. The SMILES string of the molecule is COC(=O)c1cc(-c2ccc3c(c2)c(NC(C)=O)nn3C(c2ccccc2)(c2ccccc2)c2ccccc2)c(F)cc1F. The van der Waals surface area contributed by atoms with Crippen LogP contribution in [0.1, 0.15) is 34.0 Å². The lowest BCUT2D eigenvalue weighted by atomic mass is 9.77. The van der Waals surface area contributed by atoms with E-state index < -0.39 is 28.7 Å². The van der Waals surface area contributed by atoms with Crippen molar-refractivity contribution in [1.82, 2.24) is 9.78 Å². The van der Waals surface area contributed by atoms with Crippen molar-refractivity contribution in [3.05, 3.63) is 155 Å².